The summed E-state index contributed by atoms with van der Waals surface area (Å²) in [4.78, 5) is 27.8. The summed E-state index contributed by atoms with van der Waals surface area (Å²) < 4.78 is 18.5. The molecule has 0 spiro atoms. The Balaban J connectivity index is 2.03. The molecule has 0 aromatic heterocycles. The number of rotatable bonds is 3. The quantitative estimate of drug-likeness (QED) is 0.686. The molecule has 1 fully saturated rings. The summed E-state index contributed by atoms with van der Waals surface area (Å²) in [5.41, 5.74) is 0.326. The highest BCUT2D eigenvalue weighted by Crippen LogP contribution is 2.31. The van der Waals surface area contributed by atoms with Crippen molar-refractivity contribution in [3.05, 3.63) is 24.0 Å². The normalized spacial score (nSPS) is 17.6. The molecular weight excluding hydrogens is 301 g/mol. The number of benzene rings is 1. The Bertz CT molecular complexity index is 636. The summed E-state index contributed by atoms with van der Waals surface area (Å²) in [5.74, 6) is -0.467. The molecule has 124 valence electrons. The van der Waals surface area contributed by atoms with E-state index in [0.717, 1.165) is 6.42 Å². The van der Waals surface area contributed by atoms with Crippen molar-refractivity contribution in [1.82, 2.24) is 5.32 Å². The smallest absolute Gasteiger partial charge is 0.407 e. The van der Waals surface area contributed by atoms with Crippen molar-refractivity contribution in [3.63, 3.8) is 0 Å². The van der Waals surface area contributed by atoms with Gasteiger partial charge in [-0.1, -0.05) is 0 Å². The highest BCUT2D eigenvalue weighted by atomic mass is 19.1. The number of halogens is 1. The first-order chi connectivity index (χ1) is 10.8. The first-order valence-corrected chi connectivity index (χ1v) is 7.40. The number of hydrogen-bond acceptors (Lipinski definition) is 5. The Hall–Kier alpha value is -2.40. The molecule has 0 saturated carbocycles. The van der Waals surface area contributed by atoms with Crippen molar-refractivity contribution in [2.24, 2.45) is 4.99 Å². The molecule has 1 unspecified atom stereocenters. The molecule has 1 aliphatic rings. The van der Waals surface area contributed by atoms with E-state index in [1.807, 2.05) is 4.90 Å². The predicted molar refractivity (Wildman–Crippen MR) is 84.2 cm³/mol. The van der Waals surface area contributed by atoms with Crippen LogP contribution in [0.5, 0.6) is 0 Å². The second kappa shape index (κ2) is 6.79. The minimum Gasteiger partial charge on any atom is -0.444 e. The molecular formula is C16H20FN3O3. The van der Waals surface area contributed by atoms with E-state index in [0.29, 0.717) is 18.8 Å². The fourth-order valence-corrected chi connectivity index (χ4v) is 2.47. The fraction of sp³-hybridized carbons (Fsp3) is 0.500. The topological polar surface area (TPSA) is 71.0 Å². The third-order valence-corrected chi connectivity index (χ3v) is 3.35. The first kappa shape index (κ1) is 17.0. The third-order valence-electron chi connectivity index (χ3n) is 3.35. The molecule has 1 N–H and O–H groups in total. The zero-order valence-electron chi connectivity index (χ0n) is 13.4. The monoisotopic (exact) mass is 321 g/mol. The molecule has 0 radical (unpaired) electrons. The molecule has 1 aromatic carbocycles. The SMILES string of the molecule is CC(C)(C)OC(=O)NC1CCN(c2ccc(F)cc2N=C=O)C1. The second-order valence-electron chi connectivity index (χ2n) is 6.41. The molecule has 0 bridgehead atoms. The maximum absolute atomic E-state index is 13.3. The maximum atomic E-state index is 13.3. The van der Waals surface area contributed by atoms with E-state index in [1.54, 1.807) is 26.8 Å². The zero-order valence-corrected chi connectivity index (χ0v) is 13.4. The van der Waals surface area contributed by atoms with E-state index in [4.69, 9.17) is 4.74 Å². The minimum atomic E-state index is -0.550. The first-order valence-electron chi connectivity index (χ1n) is 7.40. The summed E-state index contributed by atoms with van der Waals surface area (Å²) in [6, 6.07) is 3.99. The van der Waals surface area contributed by atoms with Gasteiger partial charge in [0.15, 0.2) is 0 Å². The van der Waals surface area contributed by atoms with Crippen molar-refractivity contribution in [1.29, 1.82) is 0 Å². The lowest BCUT2D eigenvalue weighted by atomic mass is 10.2. The number of carbonyl (C=O) groups is 1. The Morgan fingerprint density at radius 3 is 2.87 bits per heavy atom. The Labute approximate surface area is 134 Å². The highest BCUT2D eigenvalue weighted by Gasteiger charge is 2.27. The van der Waals surface area contributed by atoms with Gasteiger partial charge in [-0.25, -0.2) is 14.0 Å². The summed E-state index contributed by atoms with van der Waals surface area (Å²) in [6.07, 6.45) is 1.70. The molecule has 0 aliphatic carbocycles. The summed E-state index contributed by atoms with van der Waals surface area (Å²) in [5, 5.41) is 2.81. The van der Waals surface area contributed by atoms with Gasteiger partial charge in [0, 0.05) is 19.2 Å². The van der Waals surface area contributed by atoms with Gasteiger partial charge in [-0.05, 0) is 39.3 Å². The molecule has 1 atom stereocenters. The number of anilines is 1. The average molecular weight is 321 g/mol. The predicted octanol–water partition coefficient (Wildman–Crippen LogP) is 2.90. The lowest BCUT2D eigenvalue weighted by Gasteiger charge is -2.23. The van der Waals surface area contributed by atoms with Gasteiger partial charge < -0.3 is 15.0 Å². The van der Waals surface area contributed by atoms with Crippen molar-refractivity contribution in [2.75, 3.05) is 18.0 Å². The number of nitrogens with zero attached hydrogens (tertiary/aromatic N) is 2. The van der Waals surface area contributed by atoms with Crippen molar-refractivity contribution in [2.45, 2.75) is 38.8 Å². The van der Waals surface area contributed by atoms with E-state index in [9.17, 15) is 14.0 Å². The number of amides is 1. The summed E-state index contributed by atoms with van der Waals surface area (Å²) in [6.45, 7) is 6.60. The van der Waals surface area contributed by atoms with E-state index in [1.165, 1.54) is 18.2 Å². The number of carbonyl (C=O) groups excluding carboxylic acids is 2. The fourth-order valence-electron chi connectivity index (χ4n) is 2.47. The molecule has 23 heavy (non-hydrogen) atoms. The van der Waals surface area contributed by atoms with Gasteiger partial charge in [-0.15, -0.1) is 0 Å². The largest absolute Gasteiger partial charge is 0.444 e. The Morgan fingerprint density at radius 1 is 1.48 bits per heavy atom. The van der Waals surface area contributed by atoms with Crippen molar-refractivity contribution in [3.8, 4) is 0 Å². The lowest BCUT2D eigenvalue weighted by molar-refractivity contribution is 0.0509. The van der Waals surface area contributed by atoms with Crippen LogP contribution >= 0.6 is 0 Å². The van der Waals surface area contributed by atoms with Crippen molar-refractivity contribution < 1.29 is 18.7 Å². The molecule has 1 aliphatic heterocycles. The van der Waals surface area contributed by atoms with Crippen LogP contribution in [0, 0.1) is 5.82 Å². The minimum absolute atomic E-state index is 0.0806. The van der Waals surface area contributed by atoms with E-state index in [-0.39, 0.29) is 11.7 Å². The number of hydrogen-bond donors (Lipinski definition) is 1. The number of alkyl carbamates (subject to hydrolysis) is 1. The van der Waals surface area contributed by atoms with Crippen LogP contribution in [0.15, 0.2) is 23.2 Å². The second-order valence-corrected chi connectivity index (χ2v) is 6.41. The van der Waals surface area contributed by atoms with Crippen LogP contribution in [0.25, 0.3) is 0 Å². The van der Waals surface area contributed by atoms with Gasteiger partial charge in [0.1, 0.15) is 17.1 Å². The molecule has 1 amide bonds. The van der Waals surface area contributed by atoms with Crippen LogP contribution in [0.2, 0.25) is 0 Å². The lowest BCUT2D eigenvalue weighted by Crippen LogP contribution is -2.40. The van der Waals surface area contributed by atoms with Crippen molar-refractivity contribution >= 4 is 23.5 Å². The maximum Gasteiger partial charge on any atom is 0.407 e. The van der Waals surface area contributed by atoms with Gasteiger partial charge in [-0.3, -0.25) is 0 Å². The van der Waals surface area contributed by atoms with Crippen LogP contribution in [0.3, 0.4) is 0 Å². The van der Waals surface area contributed by atoms with Crippen LogP contribution in [-0.2, 0) is 9.53 Å². The summed E-state index contributed by atoms with van der Waals surface area (Å²) in [7, 11) is 0. The molecule has 2 rings (SSSR count). The summed E-state index contributed by atoms with van der Waals surface area (Å²) >= 11 is 0. The third kappa shape index (κ3) is 4.79. The molecule has 7 heteroatoms. The molecule has 6 nitrogen and oxygen atoms in total. The van der Waals surface area contributed by atoms with Gasteiger partial charge in [0.25, 0.3) is 0 Å². The van der Waals surface area contributed by atoms with Gasteiger partial charge in [0.05, 0.1) is 11.7 Å². The van der Waals surface area contributed by atoms with E-state index in [2.05, 4.69) is 10.3 Å². The number of ether oxygens (including phenoxy) is 1. The Kier molecular flexibility index (Phi) is 5.01. The average Bonchev–Trinajstić information content (AvgIpc) is 2.85. The standard InChI is InChI=1S/C16H20FN3O3/c1-16(2,3)23-15(22)19-12-6-7-20(9-12)14-5-4-11(17)8-13(14)18-10-21/h4-5,8,12H,6-7,9H2,1-3H3,(H,19,22). The van der Waals surface area contributed by atoms with Gasteiger partial charge in [-0.2, -0.15) is 4.99 Å². The van der Waals surface area contributed by atoms with Gasteiger partial charge in [0.2, 0.25) is 6.08 Å². The molecule has 1 saturated heterocycles. The van der Waals surface area contributed by atoms with Crippen LogP contribution in [-0.4, -0.2) is 36.9 Å². The number of isocyanates is 1. The molecule has 1 heterocycles. The van der Waals surface area contributed by atoms with E-state index >= 15 is 0 Å². The number of nitrogens with one attached hydrogen (secondary N) is 1. The van der Waals surface area contributed by atoms with Gasteiger partial charge >= 0.3 is 6.09 Å². The van der Waals surface area contributed by atoms with Crippen LogP contribution in [0.1, 0.15) is 27.2 Å². The van der Waals surface area contributed by atoms with E-state index < -0.39 is 17.5 Å². The Morgan fingerprint density at radius 2 is 2.22 bits per heavy atom. The molecule has 1 aromatic rings. The zero-order chi connectivity index (χ0) is 17.0. The highest BCUT2D eigenvalue weighted by molar-refractivity contribution is 5.71. The number of aliphatic imine (C=N–C) groups is 1. The van der Waals surface area contributed by atoms with Crippen LogP contribution in [0.4, 0.5) is 20.6 Å². The van der Waals surface area contributed by atoms with Crippen LogP contribution < -0.4 is 10.2 Å².